The zero-order chi connectivity index (χ0) is 16.1. The standard InChI is InChI=1S/C16H16N4O2S/c1-2-9-22-12-7-5-11(6-8-12)17-16-18-15(21)14(19-20-16)13-4-3-10-23-13/h3-8,10H,2,9H2,1H3,(H2,17,18,20,21). The first-order chi connectivity index (χ1) is 11.3. The summed E-state index contributed by atoms with van der Waals surface area (Å²) in [6.45, 7) is 2.75. The molecule has 0 saturated heterocycles. The fourth-order valence-electron chi connectivity index (χ4n) is 1.96. The van der Waals surface area contributed by atoms with Crippen molar-refractivity contribution in [3.63, 3.8) is 0 Å². The van der Waals surface area contributed by atoms with E-state index in [9.17, 15) is 4.79 Å². The second-order valence-electron chi connectivity index (χ2n) is 4.83. The molecule has 0 aliphatic carbocycles. The molecule has 0 bridgehead atoms. The third kappa shape index (κ3) is 3.75. The van der Waals surface area contributed by atoms with E-state index in [0.717, 1.165) is 22.7 Å². The molecule has 0 fully saturated rings. The van der Waals surface area contributed by atoms with Crippen LogP contribution in [-0.2, 0) is 0 Å². The summed E-state index contributed by atoms with van der Waals surface area (Å²) in [6, 6.07) is 11.2. The highest BCUT2D eigenvalue weighted by molar-refractivity contribution is 7.13. The van der Waals surface area contributed by atoms with Crippen molar-refractivity contribution < 1.29 is 4.74 Å². The van der Waals surface area contributed by atoms with Gasteiger partial charge in [0.1, 0.15) is 5.75 Å². The third-order valence-electron chi connectivity index (χ3n) is 3.04. The summed E-state index contributed by atoms with van der Waals surface area (Å²) in [6.07, 6.45) is 0.966. The third-order valence-corrected chi connectivity index (χ3v) is 3.92. The quantitative estimate of drug-likeness (QED) is 0.725. The Labute approximate surface area is 137 Å². The van der Waals surface area contributed by atoms with Crippen LogP contribution in [0.1, 0.15) is 13.3 Å². The number of rotatable bonds is 6. The van der Waals surface area contributed by atoms with Crippen molar-refractivity contribution in [1.29, 1.82) is 0 Å². The molecule has 2 aromatic heterocycles. The van der Waals surface area contributed by atoms with Crippen molar-refractivity contribution in [3.05, 3.63) is 52.1 Å². The highest BCUT2D eigenvalue weighted by atomic mass is 32.1. The average Bonchev–Trinajstić information content (AvgIpc) is 3.08. The van der Waals surface area contributed by atoms with Gasteiger partial charge < -0.3 is 10.1 Å². The van der Waals surface area contributed by atoms with Crippen LogP contribution in [0, 0.1) is 0 Å². The Morgan fingerprint density at radius 2 is 2.04 bits per heavy atom. The average molecular weight is 328 g/mol. The largest absolute Gasteiger partial charge is 0.494 e. The number of benzene rings is 1. The highest BCUT2D eigenvalue weighted by Gasteiger charge is 2.08. The molecule has 3 rings (SSSR count). The lowest BCUT2D eigenvalue weighted by molar-refractivity contribution is 0.317. The number of aromatic amines is 1. The molecule has 0 amide bonds. The van der Waals surface area contributed by atoms with Crippen LogP contribution < -0.4 is 15.6 Å². The van der Waals surface area contributed by atoms with E-state index in [1.807, 2.05) is 41.8 Å². The number of anilines is 2. The maximum absolute atomic E-state index is 12.1. The number of H-pyrrole nitrogens is 1. The van der Waals surface area contributed by atoms with Crippen molar-refractivity contribution in [1.82, 2.24) is 15.2 Å². The van der Waals surface area contributed by atoms with Crippen molar-refractivity contribution in [2.24, 2.45) is 0 Å². The number of thiophene rings is 1. The first-order valence-corrected chi connectivity index (χ1v) is 8.15. The van der Waals surface area contributed by atoms with E-state index in [1.54, 1.807) is 0 Å². The Morgan fingerprint density at radius 1 is 1.22 bits per heavy atom. The van der Waals surface area contributed by atoms with Crippen LogP contribution in [0.5, 0.6) is 5.75 Å². The van der Waals surface area contributed by atoms with Crippen molar-refractivity contribution in [2.75, 3.05) is 11.9 Å². The molecule has 0 radical (unpaired) electrons. The number of hydrogen-bond acceptors (Lipinski definition) is 6. The minimum atomic E-state index is -0.271. The van der Waals surface area contributed by atoms with Gasteiger partial charge in [-0.1, -0.05) is 13.0 Å². The lowest BCUT2D eigenvalue weighted by Crippen LogP contribution is -2.15. The van der Waals surface area contributed by atoms with Crippen LogP contribution in [0.15, 0.2) is 46.6 Å². The van der Waals surface area contributed by atoms with Crippen LogP contribution in [0.4, 0.5) is 11.6 Å². The maximum Gasteiger partial charge on any atom is 0.280 e. The minimum Gasteiger partial charge on any atom is -0.494 e. The van der Waals surface area contributed by atoms with Gasteiger partial charge >= 0.3 is 0 Å². The van der Waals surface area contributed by atoms with Crippen molar-refractivity contribution >= 4 is 23.0 Å². The summed E-state index contributed by atoms with van der Waals surface area (Å²) in [4.78, 5) is 15.6. The van der Waals surface area contributed by atoms with Gasteiger partial charge in [-0.25, -0.2) is 0 Å². The molecule has 0 spiro atoms. The first kappa shape index (κ1) is 15.2. The molecule has 7 heteroatoms. The Hall–Kier alpha value is -2.67. The summed E-state index contributed by atoms with van der Waals surface area (Å²) in [5.41, 5.74) is 0.851. The Bertz CT molecular complexity index is 813. The van der Waals surface area contributed by atoms with Crippen LogP contribution >= 0.6 is 11.3 Å². The van der Waals surface area contributed by atoms with Crippen LogP contribution in [0.3, 0.4) is 0 Å². The molecule has 2 N–H and O–H groups in total. The Morgan fingerprint density at radius 3 is 2.70 bits per heavy atom. The van der Waals surface area contributed by atoms with E-state index in [4.69, 9.17) is 4.74 Å². The monoisotopic (exact) mass is 328 g/mol. The fourth-order valence-corrected chi connectivity index (χ4v) is 2.67. The van der Waals surface area contributed by atoms with E-state index < -0.39 is 0 Å². The molecule has 23 heavy (non-hydrogen) atoms. The van der Waals surface area contributed by atoms with Gasteiger partial charge in [-0.3, -0.25) is 9.78 Å². The van der Waals surface area contributed by atoms with E-state index in [2.05, 4.69) is 27.4 Å². The number of ether oxygens (including phenoxy) is 1. The van der Waals surface area contributed by atoms with Gasteiger partial charge in [0.15, 0.2) is 5.69 Å². The molecule has 2 heterocycles. The number of aromatic nitrogens is 3. The maximum atomic E-state index is 12.1. The van der Waals surface area contributed by atoms with Crippen LogP contribution in [0.25, 0.3) is 10.6 Å². The predicted molar refractivity (Wildman–Crippen MR) is 91.5 cm³/mol. The van der Waals surface area contributed by atoms with Crippen LogP contribution in [-0.4, -0.2) is 21.8 Å². The van der Waals surface area contributed by atoms with Crippen molar-refractivity contribution in [3.8, 4) is 16.3 Å². The molecule has 0 atom stereocenters. The Balaban J connectivity index is 1.73. The van der Waals surface area contributed by atoms with Gasteiger partial charge in [0.2, 0.25) is 5.95 Å². The van der Waals surface area contributed by atoms with Gasteiger partial charge in [0.25, 0.3) is 5.56 Å². The number of nitrogens with one attached hydrogen (secondary N) is 2. The first-order valence-electron chi connectivity index (χ1n) is 7.27. The summed E-state index contributed by atoms with van der Waals surface area (Å²) in [5, 5.41) is 12.9. The zero-order valence-electron chi connectivity index (χ0n) is 12.6. The van der Waals surface area contributed by atoms with E-state index in [0.29, 0.717) is 18.2 Å². The van der Waals surface area contributed by atoms with Gasteiger partial charge in [-0.05, 0) is 42.1 Å². The summed E-state index contributed by atoms with van der Waals surface area (Å²) >= 11 is 1.45. The molecular weight excluding hydrogens is 312 g/mol. The van der Waals surface area contributed by atoms with Gasteiger partial charge in [-0.2, -0.15) is 0 Å². The molecule has 6 nitrogen and oxygen atoms in total. The van der Waals surface area contributed by atoms with E-state index in [1.165, 1.54) is 11.3 Å². The summed E-state index contributed by atoms with van der Waals surface area (Å²) in [7, 11) is 0. The SMILES string of the molecule is CCCOc1ccc(Nc2nnc(-c3cccs3)c(=O)[nH]2)cc1. The second-order valence-corrected chi connectivity index (χ2v) is 5.77. The minimum absolute atomic E-state index is 0.271. The lowest BCUT2D eigenvalue weighted by atomic mass is 10.3. The highest BCUT2D eigenvalue weighted by Crippen LogP contribution is 2.20. The molecule has 0 unspecified atom stereocenters. The summed E-state index contributed by atoms with van der Waals surface area (Å²) in [5.74, 6) is 1.11. The normalized spacial score (nSPS) is 10.5. The molecule has 118 valence electrons. The van der Waals surface area contributed by atoms with E-state index >= 15 is 0 Å². The summed E-state index contributed by atoms with van der Waals surface area (Å²) < 4.78 is 5.52. The number of hydrogen-bond donors (Lipinski definition) is 2. The van der Waals surface area contributed by atoms with Crippen LogP contribution in [0.2, 0.25) is 0 Å². The molecule has 3 aromatic rings. The zero-order valence-corrected chi connectivity index (χ0v) is 13.4. The molecule has 1 aromatic carbocycles. The van der Waals surface area contributed by atoms with Crippen molar-refractivity contribution in [2.45, 2.75) is 13.3 Å². The second kappa shape index (κ2) is 7.06. The molecule has 0 saturated carbocycles. The van der Waals surface area contributed by atoms with E-state index in [-0.39, 0.29) is 5.56 Å². The molecule has 0 aliphatic rings. The molecular formula is C16H16N4O2S. The lowest BCUT2D eigenvalue weighted by Gasteiger charge is -2.07. The van der Waals surface area contributed by atoms with Gasteiger partial charge in [0, 0.05) is 5.69 Å². The number of nitrogens with zero attached hydrogens (tertiary/aromatic N) is 2. The smallest absolute Gasteiger partial charge is 0.280 e. The Kier molecular flexibility index (Phi) is 4.68. The topological polar surface area (TPSA) is 79.9 Å². The van der Waals surface area contributed by atoms with Gasteiger partial charge in [0.05, 0.1) is 11.5 Å². The molecule has 0 aliphatic heterocycles. The predicted octanol–water partition coefficient (Wildman–Crippen LogP) is 3.43. The fraction of sp³-hybridized carbons (Fsp3) is 0.188. The van der Waals surface area contributed by atoms with Gasteiger partial charge in [-0.15, -0.1) is 21.5 Å².